The van der Waals surface area contributed by atoms with Crippen LogP contribution in [0.1, 0.15) is 5.69 Å². The van der Waals surface area contributed by atoms with Gasteiger partial charge in [0.15, 0.2) is 6.20 Å². The first-order valence-corrected chi connectivity index (χ1v) is 7.78. The minimum absolute atomic E-state index is 0.132. The van der Waals surface area contributed by atoms with Gasteiger partial charge in [-0.1, -0.05) is 12.2 Å². The van der Waals surface area contributed by atoms with Gasteiger partial charge in [0.05, 0.1) is 0 Å². The number of hydrogen-bond donors (Lipinski definition) is 2. The fraction of sp³-hybridized carbons (Fsp3) is 0.231. The number of thioether (sulfide) groups is 1. The SMILES string of the molecule is NC1C(=O)N2C(C(=O)O)=C(C(=S)c3cccc[n+]3[O-])CS[C@@H]12. The van der Waals surface area contributed by atoms with Crippen molar-refractivity contribution in [2.75, 3.05) is 5.75 Å². The summed E-state index contributed by atoms with van der Waals surface area (Å²) in [7, 11) is 0. The summed E-state index contributed by atoms with van der Waals surface area (Å²) < 4.78 is 0.579. The number of β-lactam (4-membered cyclic amide) rings is 1. The molecular formula is C13H11N3O4S2. The summed E-state index contributed by atoms with van der Waals surface area (Å²) in [6.07, 6.45) is 1.28. The lowest BCUT2D eigenvalue weighted by Crippen LogP contribution is -2.68. The van der Waals surface area contributed by atoms with Crippen LogP contribution in [-0.2, 0) is 9.59 Å². The average molecular weight is 337 g/mol. The topological polar surface area (TPSA) is 111 Å². The van der Waals surface area contributed by atoms with E-state index < -0.39 is 17.9 Å². The molecule has 9 heteroatoms. The van der Waals surface area contributed by atoms with Crippen molar-refractivity contribution in [2.24, 2.45) is 5.73 Å². The van der Waals surface area contributed by atoms with Crippen LogP contribution in [0.5, 0.6) is 0 Å². The van der Waals surface area contributed by atoms with Gasteiger partial charge >= 0.3 is 5.97 Å². The third kappa shape index (κ3) is 2.09. The van der Waals surface area contributed by atoms with Gasteiger partial charge in [-0.25, -0.2) is 4.79 Å². The number of carboxylic acids is 1. The highest BCUT2D eigenvalue weighted by molar-refractivity contribution is 8.00. The molecule has 1 amide bonds. The Hall–Kier alpha value is -1.97. The molecule has 22 heavy (non-hydrogen) atoms. The summed E-state index contributed by atoms with van der Waals surface area (Å²) in [5, 5.41) is 20.9. The minimum atomic E-state index is -1.25. The van der Waals surface area contributed by atoms with Gasteiger partial charge in [0.1, 0.15) is 22.0 Å². The van der Waals surface area contributed by atoms with Gasteiger partial charge in [0.25, 0.3) is 0 Å². The number of nitrogens with two attached hydrogens (primary N) is 1. The predicted octanol–water partition coefficient (Wildman–Crippen LogP) is -0.381. The number of aromatic nitrogens is 1. The average Bonchev–Trinajstić information content (AvgIpc) is 2.52. The van der Waals surface area contributed by atoms with E-state index in [4.69, 9.17) is 18.0 Å². The first kappa shape index (κ1) is 14.9. The van der Waals surface area contributed by atoms with Crippen LogP contribution in [0, 0.1) is 5.21 Å². The summed E-state index contributed by atoms with van der Waals surface area (Å²) in [6, 6.07) is 4.01. The third-order valence-electron chi connectivity index (χ3n) is 3.54. The van der Waals surface area contributed by atoms with Crippen LogP contribution in [0.3, 0.4) is 0 Å². The number of fused-ring (bicyclic) bond motifs is 1. The molecule has 1 fully saturated rings. The van der Waals surface area contributed by atoms with Crippen LogP contribution >= 0.6 is 24.0 Å². The normalized spacial score (nSPS) is 23.9. The first-order valence-electron chi connectivity index (χ1n) is 6.33. The standard InChI is InChI=1S/C13H11N3O4S2/c14-8-11(17)16-9(13(18)19)6(5-22-12(8)16)10(21)7-3-1-2-4-15(7)20/h1-4,8,12H,5,14H2,(H,18,19)/t8?,12-/m0/s1. The zero-order valence-corrected chi connectivity index (χ0v) is 12.8. The number of nitrogens with zero attached hydrogens (tertiary/aromatic N) is 2. The number of hydrogen-bond acceptors (Lipinski definition) is 6. The number of pyridine rings is 1. The Balaban J connectivity index is 2.07. The first-order chi connectivity index (χ1) is 10.4. The van der Waals surface area contributed by atoms with Crippen molar-refractivity contribution in [1.82, 2.24) is 4.90 Å². The predicted molar refractivity (Wildman–Crippen MR) is 82.8 cm³/mol. The molecule has 1 saturated heterocycles. The van der Waals surface area contributed by atoms with E-state index in [-0.39, 0.29) is 27.4 Å². The fourth-order valence-electron chi connectivity index (χ4n) is 2.45. The van der Waals surface area contributed by atoms with Gasteiger partial charge in [-0.05, 0) is 6.07 Å². The summed E-state index contributed by atoms with van der Waals surface area (Å²) in [6.45, 7) is 0. The number of carboxylic acid groups (broad SMARTS) is 1. The number of rotatable bonds is 3. The lowest BCUT2D eigenvalue weighted by Gasteiger charge is -2.47. The van der Waals surface area contributed by atoms with Gasteiger partial charge in [0.2, 0.25) is 11.6 Å². The Labute approximate surface area is 135 Å². The van der Waals surface area contributed by atoms with E-state index in [1.54, 1.807) is 12.1 Å². The van der Waals surface area contributed by atoms with E-state index in [0.717, 1.165) is 4.90 Å². The molecule has 0 aromatic carbocycles. The number of carbonyl (C=O) groups excluding carboxylic acids is 1. The lowest BCUT2D eigenvalue weighted by atomic mass is 10.0. The molecule has 0 spiro atoms. The van der Waals surface area contributed by atoms with E-state index in [1.165, 1.54) is 24.0 Å². The monoisotopic (exact) mass is 337 g/mol. The molecule has 0 saturated carbocycles. The summed E-state index contributed by atoms with van der Waals surface area (Å²) in [4.78, 5) is 24.7. The van der Waals surface area contributed by atoms with Gasteiger partial charge in [-0.2, -0.15) is 4.73 Å². The Morgan fingerprint density at radius 3 is 2.91 bits per heavy atom. The van der Waals surface area contributed by atoms with Crippen LogP contribution in [-0.4, -0.2) is 43.9 Å². The van der Waals surface area contributed by atoms with Crippen molar-refractivity contribution in [3.05, 3.63) is 46.6 Å². The van der Waals surface area contributed by atoms with Crippen molar-refractivity contribution in [3.63, 3.8) is 0 Å². The Bertz CT molecular complexity index is 734. The molecule has 114 valence electrons. The van der Waals surface area contributed by atoms with Gasteiger partial charge < -0.3 is 16.0 Å². The van der Waals surface area contributed by atoms with Crippen LogP contribution in [0.2, 0.25) is 0 Å². The van der Waals surface area contributed by atoms with Crippen LogP contribution in [0.25, 0.3) is 0 Å². The number of amides is 1. The zero-order valence-electron chi connectivity index (χ0n) is 11.1. The van der Waals surface area contributed by atoms with Crippen molar-refractivity contribution < 1.29 is 19.4 Å². The second-order valence-corrected chi connectivity index (χ2v) is 6.32. The second kappa shape index (κ2) is 5.34. The molecule has 2 aliphatic rings. The Kier molecular flexibility index (Phi) is 3.63. The molecule has 3 N–H and O–H groups in total. The molecule has 3 heterocycles. The maximum atomic E-state index is 11.9. The van der Waals surface area contributed by atoms with E-state index in [1.807, 2.05) is 0 Å². The van der Waals surface area contributed by atoms with E-state index in [9.17, 15) is 19.9 Å². The molecule has 1 aromatic rings. The highest BCUT2D eigenvalue weighted by atomic mass is 32.2. The quantitative estimate of drug-likeness (QED) is 0.254. The van der Waals surface area contributed by atoms with Crippen LogP contribution in [0.4, 0.5) is 0 Å². The van der Waals surface area contributed by atoms with Crippen LogP contribution < -0.4 is 10.5 Å². The van der Waals surface area contributed by atoms with Gasteiger partial charge in [-0.3, -0.25) is 9.69 Å². The van der Waals surface area contributed by atoms with E-state index in [0.29, 0.717) is 10.3 Å². The van der Waals surface area contributed by atoms with Crippen molar-refractivity contribution in [3.8, 4) is 0 Å². The van der Waals surface area contributed by atoms with E-state index in [2.05, 4.69) is 0 Å². The number of carbonyl (C=O) groups is 2. The lowest BCUT2D eigenvalue weighted by molar-refractivity contribution is -0.606. The third-order valence-corrected chi connectivity index (χ3v) is 5.30. The number of thiocarbonyl (C=S) groups is 1. The maximum absolute atomic E-state index is 11.9. The highest BCUT2D eigenvalue weighted by Gasteiger charge is 2.52. The molecule has 0 aliphatic carbocycles. The van der Waals surface area contributed by atoms with Crippen molar-refractivity contribution in [2.45, 2.75) is 11.4 Å². The second-order valence-electron chi connectivity index (χ2n) is 4.81. The smallest absolute Gasteiger partial charge is 0.353 e. The van der Waals surface area contributed by atoms with Crippen molar-refractivity contribution in [1.29, 1.82) is 0 Å². The largest absolute Gasteiger partial charge is 0.618 e. The Morgan fingerprint density at radius 2 is 2.27 bits per heavy atom. The molecule has 7 nitrogen and oxygen atoms in total. The molecule has 0 bridgehead atoms. The minimum Gasteiger partial charge on any atom is -0.618 e. The number of aliphatic carboxylic acids is 1. The van der Waals surface area contributed by atoms with Crippen molar-refractivity contribution >= 4 is 40.7 Å². The summed E-state index contributed by atoms with van der Waals surface area (Å²) in [5.74, 6) is -1.41. The Morgan fingerprint density at radius 1 is 1.55 bits per heavy atom. The van der Waals surface area contributed by atoms with E-state index >= 15 is 0 Å². The molecule has 2 atom stereocenters. The summed E-state index contributed by atoms with van der Waals surface area (Å²) in [5.41, 5.74) is 5.98. The molecular weight excluding hydrogens is 326 g/mol. The molecule has 3 rings (SSSR count). The molecule has 1 aromatic heterocycles. The fourth-order valence-corrected chi connectivity index (χ4v) is 4.17. The zero-order chi connectivity index (χ0) is 16.0. The van der Waals surface area contributed by atoms with Gasteiger partial charge in [0, 0.05) is 23.5 Å². The maximum Gasteiger partial charge on any atom is 0.353 e. The molecule has 2 aliphatic heterocycles. The van der Waals surface area contributed by atoms with Gasteiger partial charge in [-0.15, -0.1) is 11.8 Å². The highest BCUT2D eigenvalue weighted by Crippen LogP contribution is 2.40. The summed E-state index contributed by atoms with van der Waals surface area (Å²) >= 11 is 6.63. The molecule has 1 unspecified atom stereocenters. The van der Waals surface area contributed by atoms with Crippen LogP contribution in [0.15, 0.2) is 35.7 Å². The molecule has 0 radical (unpaired) electrons.